The van der Waals surface area contributed by atoms with Crippen LogP contribution in [0.3, 0.4) is 0 Å². The summed E-state index contributed by atoms with van der Waals surface area (Å²) >= 11 is 3.31. The maximum atomic E-state index is 9.81. The van der Waals surface area contributed by atoms with Crippen molar-refractivity contribution in [2.75, 3.05) is 6.79 Å². The van der Waals surface area contributed by atoms with Crippen molar-refractivity contribution in [3.8, 4) is 17.6 Å². The van der Waals surface area contributed by atoms with Gasteiger partial charge in [-0.2, -0.15) is 5.26 Å². The predicted octanol–water partition coefficient (Wildman–Crippen LogP) is 2.29. The van der Waals surface area contributed by atoms with Crippen LogP contribution >= 0.6 is 15.9 Å². The summed E-state index contributed by atoms with van der Waals surface area (Å²) in [5.74, 6) is 1.16. The molecule has 16 heavy (non-hydrogen) atoms. The average molecular weight is 282 g/mol. The second-order valence-electron chi connectivity index (χ2n) is 3.28. The van der Waals surface area contributed by atoms with Crippen molar-refractivity contribution in [1.82, 2.24) is 0 Å². The number of nitriles is 1. The molecule has 82 valence electrons. The molecule has 0 aromatic heterocycles. The van der Waals surface area contributed by atoms with Crippen molar-refractivity contribution in [2.24, 2.45) is 0 Å². The van der Waals surface area contributed by atoms with E-state index in [2.05, 4.69) is 22.5 Å². The Balaban J connectivity index is 2.41. The van der Waals surface area contributed by atoms with Crippen LogP contribution in [0, 0.1) is 11.3 Å². The molecule has 0 aliphatic carbocycles. The highest BCUT2D eigenvalue weighted by molar-refractivity contribution is 9.10. The van der Waals surface area contributed by atoms with Gasteiger partial charge >= 0.3 is 0 Å². The fraction of sp³-hybridized carbons (Fsp3) is 0.182. The molecule has 4 nitrogen and oxygen atoms in total. The first-order chi connectivity index (χ1) is 7.63. The van der Waals surface area contributed by atoms with E-state index in [1.807, 2.05) is 6.07 Å². The Morgan fingerprint density at radius 2 is 2.31 bits per heavy atom. The minimum absolute atomic E-state index is 0.0887. The second kappa shape index (κ2) is 4.16. The lowest BCUT2D eigenvalue weighted by atomic mass is 10.0. The number of rotatable bonds is 2. The minimum atomic E-state index is -1.02. The Bertz CT molecular complexity index is 493. The van der Waals surface area contributed by atoms with Gasteiger partial charge in [0.1, 0.15) is 6.10 Å². The third-order valence-electron chi connectivity index (χ3n) is 2.24. The van der Waals surface area contributed by atoms with Gasteiger partial charge in [-0.3, -0.25) is 0 Å². The fourth-order valence-corrected chi connectivity index (χ4v) is 1.98. The number of benzene rings is 1. The molecular formula is C11H8BrNO3. The molecule has 1 aliphatic heterocycles. The Labute approximate surface area is 101 Å². The van der Waals surface area contributed by atoms with E-state index in [9.17, 15) is 5.11 Å². The standard InChI is InChI=1S/C11H8BrNO3/c1-6(4-13)10(14)7-2-8(12)11-9(3-7)15-5-16-11/h2-3,10,14H,1,5H2. The highest BCUT2D eigenvalue weighted by atomic mass is 79.9. The largest absolute Gasteiger partial charge is 0.454 e. The van der Waals surface area contributed by atoms with Gasteiger partial charge < -0.3 is 14.6 Å². The van der Waals surface area contributed by atoms with Crippen LogP contribution < -0.4 is 9.47 Å². The lowest BCUT2D eigenvalue weighted by Gasteiger charge is -2.10. The molecule has 1 aromatic rings. The summed E-state index contributed by atoms with van der Waals surface area (Å²) in [5, 5.41) is 18.5. The molecule has 1 heterocycles. The van der Waals surface area contributed by atoms with Crippen LogP contribution in [-0.4, -0.2) is 11.9 Å². The van der Waals surface area contributed by atoms with Crippen molar-refractivity contribution >= 4 is 15.9 Å². The van der Waals surface area contributed by atoms with Gasteiger partial charge in [0.25, 0.3) is 0 Å². The molecule has 0 spiro atoms. The lowest BCUT2D eigenvalue weighted by molar-refractivity contribution is 0.173. The molecule has 5 heteroatoms. The van der Waals surface area contributed by atoms with Gasteiger partial charge in [0.2, 0.25) is 6.79 Å². The molecule has 0 radical (unpaired) electrons. The molecular weight excluding hydrogens is 274 g/mol. The summed E-state index contributed by atoms with van der Waals surface area (Å²) in [4.78, 5) is 0. The van der Waals surface area contributed by atoms with E-state index in [-0.39, 0.29) is 12.4 Å². The van der Waals surface area contributed by atoms with Gasteiger partial charge in [-0.25, -0.2) is 0 Å². The number of halogens is 1. The van der Waals surface area contributed by atoms with Gasteiger partial charge in [0.05, 0.1) is 16.1 Å². The number of ether oxygens (including phenoxy) is 2. The molecule has 0 amide bonds. The quantitative estimate of drug-likeness (QED) is 0.845. The molecule has 0 bridgehead atoms. The number of aliphatic hydroxyl groups is 1. The topological polar surface area (TPSA) is 62.5 Å². The zero-order valence-corrected chi connectivity index (χ0v) is 9.82. The molecule has 0 saturated carbocycles. The minimum Gasteiger partial charge on any atom is -0.454 e. The van der Waals surface area contributed by atoms with Gasteiger partial charge in [-0.05, 0) is 33.6 Å². The maximum Gasteiger partial charge on any atom is 0.231 e. The van der Waals surface area contributed by atoms with Crippen LogP contribution in [0.1, 0.15) is 11.7 Å². The van der Waals surface area contributed by atoms with Crippen molar-refractivity contribution in [1.29, 1.82) is 5.26 Å². The summed E-state index contributed by atoms with van der Waals surface area (Å²) in [6.45, 7) is 3.63. The number of hydrogen-bond acceptors (Lipinski definition) is 4. The summed E-state index contributed by atoms with van der Waals surface area (Å²) in [6, 6.07) is 5.14. The van der Waals surface area contributed by atoms with Gasteiger partial charge in [-0.1, -0.05) is 6.58 Å². The van der Waals surface area contributed by atoms with Crippen molar-refractivity contribution in [3.63, 3.8) is 0 Å². The summed E-state index contributed by atoms with van der Waals surface area (Å²) < 4.78 is 11.1. The normalized spacial score (nSPS) is 14.3. The van der Waals surface area contributed by atoms with E-state index in [0.29, 0.717) is 21.5 Å². The first-order valence-corrected chi connectivity index (χ1v) is 5.28. The summed E-state index contributed by atoms with van der Waals surface area (Å²) in [5.41, 5.74) is 0.633. The Hall–Kier alpha value is -1.51. The Kier molecular flexibility index (Phi) is 2.86. The van der Waals surface area contributed by atoms with E-state index < -0.39 is 6.10 Å². The molecule has 0 fully saturated rings. The van der Waals surface area contributed by atoms with E-state index in [1.54, 1.807) is 12.1 Å². The SMILES string of the molecule is C=C(C#N)C(O)c1cc(Br)c2c(c1)OCO2. The van der Waals surface area contributed by atoms with Crippen LogP contribution in [0.2, 0.25) is 0 Å². The van der Waals surface area contributed by atoms with Crippen molar-refractivity contribution < 1.29 is 14.6 Å². The molecule has 2 rings (SSSR count). The average Bonchev–Trinajstić information content (AvgIpc) is 2.75. The highest BCUT2D eigenvalue weighted by Crippen LogP contribution is 2.41. The summed E-state index contributed by atoms with van der Waals surface area (Å²) in [7, 11) is 0. The van der Waals surface area contributed by atoms with Crippen LogP contribution in [0.5, 0.6) is 11.5 Å². The maximum absolute atomic E-state index is 9.81. The van der Waals surface area contributed by atoms with Crippen LogP contribution in [0.25, 0.3) is 0 Å². The van der Waals surface area contributed by atoms with E-state index in [1.165, 1.54) is 0 Å². The Morgan fingerprint density at radius 3 is 3.00 bits per heavy atom. The molecule has 1 aromatic carbocycles. The molecule has 1 atom stereocenters. The van der Waals surface area contributed by atoms with Gasteiger partial charge in [0.15, 0.2) is 11.5 Å². The van der Waals surface area contributed by atoms with Crippen LogP contribution in [0.4, 0.5) is 0 Å². The third-order valence-corrected chi connectivity index (χ3v) is 2.83. The second-order valence-corrected chi connectivity index (χ2v) is 4.13. The monoisotopic (exact) mass is 281 g/mol. The predicted molar refractivity (Wildman–Crippen MR) is 60.0 cm³/mol. The van der Waals surface area contributed by atoms with Crippen LogP contribution in [0.15, 0.2) is 28.8 Å². The van der Waals surface area contributed by atoms with E-state index in [0.717, 1.165) is 0 Å². The number of fused-ring (bicyclic) bond motifs is 1. The number of hydrogen-bond donors (Lipinski definition) is 1. The molecule has 0 saturated heterocycles. The first kappa shape index (κ1) is 11.0. The zero-order valence-electron chi connectivity index (χ0n) is 8.24. The van der Waals surface area contributed by atoms with Crippen molar-refractivity contribution in [2.45, 2.75) is 6.10 Å². The molecule has 1 aliphatic rings. The highest BCUT2D eigenvalue weighted by Gasteiger charge is 2.21. The third kappa shape index (κ3) is 1.77. The van der Waals surface area contributed by atoms with E-state index in [4.69, 9.17) is 14.7 Å². The lowest BCUT2D eigenvalue weighted by Crippen LogP contribution is -1.99. The Morgan fingerprint density at radius 1 is 1.56 bits per heavy atom. The van der Waals surface area contributed by atoms with E-state index >= 15 is 0 Å². The van der Waals surface area contributed by atoms with Crippen LogP contribution in [-0.2, 0) is 0 Å². The summed E-state index contributed by atoms with van der Waals surface area (Å²) in [6.07, 6.45) is -1.02. The van der Waals surface area contributed by atoms with Crippen molar-refractivity contribution in [3.05, 3.63) is 34.3 Å². The first-order valence-electron chi connectivity index (χ1n) is 4.49. The van der Waals surface area contributed by atoms with Gasteiger partial charge in [0, 0.05) is 0 Å². The number of nitrogens with zero attached hydrogens (tertiary/aromatic N) is 1. The fourth-order valence-electron chi connectivity index (χ4n) is 1.41. The number of aliphatic hydroxyl groups excluding tert-OH is 1. The zero-order chi connectivity index (χ0) is 11.7. The molecule has 1 unspecified atom stereocenters. The van der Waals surface area contributed by atoms with Gasteiger partial charge in [-0.15, -0.1) is 0 Å². The smallest absolute Gasteiger partial charge is 0.231 e. The molecule has 1 N–H and O–H groups in total.